The molecule has 0 radical (unpaired) electrons. The molecule has 0 saturated carbocycles. The standard InChI is InChI=1S/C12H22N4O2/c1-8(2)7-16(5-6-18-4)12(17)11-10(13)9(3)14-15-11/h8H,5-7,13H2,1-4H3,(H,14,15). The second-order valence-electron chi connectivity index (χ2n) is 4.75. The molecule has 1 heterocycles. The van der Waals surface area contributed by atoms with Crippen molar-refractivity contribution in [1.82, 2.24) is 15.1 Å². The van der Waals surface area contributed by atoms with Gasteiger partial charge in [0.15, 0.2) is 5.69 Å². The van der Waals surface area contributed by atoms with E-state index in [0.717, 1.165) is 5.69 Å². The lowest BCUT2D eigenvalue weighted by atomic mass is 10.2. The lowest BCUT2D eigenvalue weighted by Gasteiger charge is -2.23. The Bertz CT molecular complexity index is 401. The Morgan fingerprint density at radius 2 is 2.22 bits per heavy atom. The number of amides is 1. The zero-order chi connectivity index (χ0) is 13.7. The van der Waals surface area contributed by atoms with E-state index in [1.54, 1.807) is 18.9 Å². The number of carbonyl (C=O) groups is 1. The minimum atomic E-state index is -0.150. The molecule has 0 fully saturated rings. The first kappa shape index (κ1) is 14.5. The van der Waals surface area contributed by atoms with Gasteiger partial charge in [-0.2, -0.15) is 5.10 Å². The zero-order valence-corrected chi connectivity index (χ0v) is 11.5. The average molecular weight is 254 g/mol. The molecule has 0 saturated heterocycles. The van der Waals surface area contributed by atoms with Crippen LogP contribution >= 0.6 is 0 Å². The molecule has 0 atom stereocenters. The van der Waals surface area contributed by atoms with Gasteiger partial charge in [0.1, 0.15) is 0 Å². The van der Waals surface area contributed by atoms with Crippen LogP contribution in [0.2, 0.25) is 0 Å². The van der Waals surface area contributed by atoms with Gasteiger partial charge in [0, 0.05) is 20.2 Å². The van der Waals surface area contributed by atoms with E-state index >= 15 is 0 Å². The van der Waals surface area contributed by atoms with Gasteiger partial charge in [0.25, 0.3) is 5.91 Å². The van der Waals surface area contributed by atoms with Gasteiger partial charge < -0.3 is 15.4 Å². The number of anilines is 1. The van der Waals surface area contributed by atoms with Crippen LogP contribution in [0.1, 0.15) is 30.0 Å². The summed E-state index contributed by atoms with van der Waals surface area (Å²) in [5.41, 5.74) is 7.26. The zero-order valence-electron chi connectivity index (χ0n) is 11.5. The lowest BCUT2D eigenvalue weighted by Crippen LogP contribution is -2.37. The van der Waals surface area contributed by atoms with Gasteiger partial charge in [-0.3, -0.25) is 9.89 Å². The summed E-state index contributed by atoms with van der Waals surface area (Å²) >= 11 is 0. The molecule has 6 heteroatoms. The summed E-state index contributed by atoms with van der Waals surface area (Å²) in [6, 6.07) is 0. The van der Waals surface area contributed by atoms with E-state index in [9.17, 15) is 4.79 Å². The maximum absolute atomic E-state index is 12.3. The van der Waals surface area contributed by atoms with Crippen molar-refractivity contribution >= 4 is 11.6 Å². The van der Waals surface area contributed by atoms with Gasteiger partial charge in [-0.1, -0.05) is 13.8 Å². The van der Waals surface area contributed by atoms with Crippen LogP contribution in [0, 0.1) is 12.8 Å². The Balaban J connectivity index is 2.84. The van der Waals surface area contributed by atoms with Crippen LogP contribution in [-0.2, 0) is 4.74 Å². The number of nitrogens with two attached hydrogens (primary N) is 1. The number of carbonyl (C=O) groups excluding carboxylic acids is 1. The van der Waals surface area contributed by atoms with Gasteiger partial charge in [0.2, 0.25) is 0 Å². The highest BCUT2D eigenvalue weighted by atomic mass is 16.5. The number of rotatable bonds is 6. The summed E-state index contributed by atoms with van der Waals surface area (Å²) in [6.45, 7) is 7.62. The molecule has 0 unspecified atom stereocenters. The Labute approximate surface area is 107 Å². The quantitative estimate of drug-likeness (QED) is 0.794. The van der Waals surface area contributed by atoms with Crippen LogP contribution in [0.3, 0.4) is 0 Å². The van der Waals surface area contributed by atoms with Crippen LogP contribution in [-0.4, -0.2) is 47.8 Å². The SMILES string of the molecule is COCCN(CC(C)C)C(=O)c1n[nH]c(C)c1N. The Kier molecular flexibility index (Phi) is 5.15. The van der Waals surface area contributed by atoms with E-state index in [1.165, 1.54) is 0 Å². The summed E-state index contributed by atoms with van der Waals surface area (Å²) in [7, 11) is 1.62. The van der Waals surface area contributed by atoms with Crippen molar-refractivity contribution < 1.29 is 9.53 Å². The van der Waals surface area contributed by atoms with Crippen molar-refractivity contribution in [1.29, 1.82) is 0 Å². The molecule has 0 aromatic carbocycles. The highest BCUT2D eigenvalue weighted by Gasteiger charge is 2.22. The number of ether oxygens (including phenoxy) is 1. The fraction of sp³-hybridized carbons (Fsp3) is 0.667. The molecule has 1 aromatic rings. The van der Waals surface area contributed by atoms with Crippen LogP contribution in [0.15, 0.2) is 0 Å². The molecular formula is C12H22N4O2. The maximum atomic E-state index is 12.3. The van der Waals surface area contributed by atoms with Crippen molar-refractivity contribution in [3.63, 3.8) is 0 Å². The Hall–Kier alpha value is -1.56. The predicted molar refractivity (Wildman–Crippen MR) is 70.4 cm³/mol. The first-order valence-corrected chi connectivity index (χ1v) is 6.06. The van der Waals surface area contributed by atoms with Crippen molar-refractivity contribution in [3.05, 3.63) is 11.4 Å². The number of hydrogen-bond acceptors (Lipinski definition) is 4. The van der Waals surface area contributed by atoms with E-state index in [2.05, 4.69) is 24.0 Å². The molecule has 0 aliphatic carbocycles. The number of H-pyrrole nitrogens is 1. The molecular weight excluding hydrogens is 232 g/mol. The molecule has 102 valence electrons. The van der Waals surface area contributed by atoms with Crippen LogP contribution < -0.4 is 5.73 Å². The molecule has 0 spiro atoms. The van der Waals surface area contributed by atoms with Crippen molar-refractivity contribution in [2.75, 3.05) is 32.5 Å². The summed E-state index contributed by atoms with van der Waals surface area (Å²) < 4.78 is 5.02. The minimum Gasteiger partial charge on any atom is -0.395 e. The fourth-order valence-corrected chi connectivity index (χ4v) is 1.67. The van der Waals surface area contributed by atoms with Gasteiger partial charge in [-0.15, -0.1) is 0 Å². The second kappa shape index (κ2) is 6.39. The molecule has 1 aromatic heterocycles. The first-order chi connectivity index (χ1) is 8.47. The molecule has 0 aliphatic rings. The minimum absolute atomic E-state index is 0.150. The van der Waals surface area contributed by atoms with Gasteiger partial charge in [-0.25, -0.2) is 0 Å². The van der Waals surface area contributed by atoms with Crippen molar-refractivity contribution in [2.45, 2.75) is 20.8 Å². The lowest BCUT2D eigenvalue weighted by molar-refractivity contribution is 0.0667. The van der Waals surface area contributed by atoms with Gasteiger partial charge >= 0.3 is 0 Å². The number of nitrogen functional groups attached to an aromatic ring is 1. The van der Waals surface area contributed by atoms with Crippen LogP contribution in [0.4, 0.5) is 5.69 Å². The average Bonchev–Trinajstić information content (AvgIpc) is 2.64. The predicted octanol–water partition coefficient (Wildman–Crippen LogP) is 1.04. The first-order valence-electron chi connectivity index (χ1n) is 6.06. The summed E-state index contributed by atoms with van der Waals surface area (Å²) in [4.78, 5) is 14.1. The number of aromatic amines is 1. The topological polar surface area (TPSA) is 84.2 Å². The van der Waals surface area contributed by atoms with Gasteiger partial charge in [0.05, 0.1) is 18.0 Å². The molecule has 3 N–H and O–H groups in total. The van der Waals surface area contributed by atoms with E-state index in [4.69, 9.17) is 10.5 Å². The molecule has 18 heavy (non-hydrogen) atoms. The smallest absolute Gasteiger partial charge is 0.276 e. The monoisotopic (exact) mass is 254 g/mol. The summed E-state index contributed by atoms with van der Waals surface area (Å²) in [5.74, 6) is 0.231. The molecule has 1 amide bonds. The highest BCUT2D eigenvalue weighted by molar-refractivity contribution is 5.97. The van der Waals surface area contributed by atoms with Crippen molar-refractivity contribution in [3.8, 4) is 0 Å². The second-order valence-corrected chi connectivity index (χ2v) is 4.75. The normalized spacial score (nSPS) is 10.9. The number of hydrogen-bond donors (Lipinski definition) is 2. The van der Waals surface area contributed by atoms with Gasteiger partial charge in [-0.05, 0) is 12.8 Å². The van der Waals surface area contributed by atoms with Crippen molar-refractivity contribution in [2.24, 2.45) is 5.92 Å². The number of nitrogens with one attached hydrogen (secondary N) is 1. The summed E-state index contributed by atoms with van der Waals surface area (Å²) in [5, 5.41) is 6.70. The maximum Gasteiger partial charge on any atom is 0.276 e. The third kappa shape index (κ3) is 3.46. The molecule has 6 nitrogen and oxygen atoms in total. The molecule has 0 aliphatic heterocycles. The number of methoxy groups -OCH3 is 1. The number of aromatic nitrogens is 2. The van der Waals surface area contributed by atoms with Crippen LogP contribution in [0.5, 0.6) is 0 Å². The van der Waals surface area contributed by atoms with E-state index < -0.39 is 0 Å². The third-order valence-electron chi connectivity index (χ3n) is 2.64. The fourth-order valence-electron chi connectivity index (χ4n) is 1.67. The van der Waals surface area contributed by atoms with E-state index in [1.807, 2.05) is 0 Å². The largest absolute Gasteiger partial charge is 0.395 e. The Morgan fingerprint density at radius 3 is 2.67 bits per heavy atom. The van der Waals surface area contributed by atoms with E-state index in [0.29, 0.717) is 37.0 Å². The number of nitrogens with zero attached hydrogens (tertiary/aromatic N) is 2. The molecule has 1 rings (SSSR count). The van der Waals surface area contributed by atoms with E-state index in [-0.39, 0.29) is 5.91 Å². The molecule has 0 bridgehead atoms. The highest BCUT2D eigenvalue weighted by Crippen LogP contribution is 2.15. The summed E-state index contributed by atoms with van der Waals surface area (Å²) in [6.07, 6.45) is 0. The number of aryl methyl sites for hydroxylation is 1. The van der Waals surface area contributed by atoms with Crippen LogP contribution in [0.25, 0.3) is 0 Å². The third-order valence-corrected chi connectivity index (χ3v) is 2.64. The Morgan fingerprint density at radius 1 is 1.56 bits per heavy atom.